The molecule has 5 heteroatoms. The Hall–Kier alpha value is -0.200. The van der Waals surface area contributed by atoms with E-state index in [0.717, 1.165) is 56.1 Å². The third kappa shape index (κ3) is 57.6. The number of methoxy groups -OCH3 is 1. The zero-order chi connectivity index (χ0) is 31.6. The minimum Gasteiger partial charge on any atom is -0.396 e. The molecule has 0 aromatic heterocycles. The lowest BCUT2D eigenvalue weighted by atomic mass is 10.0. The number of hydrogen-bond donors (Lipinski definition) is 3. The van der Waals surface area contributed by atoms with Gasteiger partial charge in [-0.15, -0.1) is 0 Å². The molecule has 0 spiro atoms. The van der Waals surface area contributed by atoms with Crippen molar-refractivity contribution in [1.29, 1.82) is 0 Å². The highest BCUT2D eigenvalue weighted by Crippen LogP contribution is 2.18. The van der Waals surface area contributed by atoms with E-state index in [2.05, 4.69) is 69.2 Å². The highest BCUT2D eigenvalue weighted by Gasteiger charge is 2.15. The molecule has 1 aliphatic heterocycles. The topological polar surface area (TPSA) is 79.2 Å². The largest absolute Gasteiger partial charge is 0.396 e. The van der Waals surface area contributed by atoms with Gasteiger partial charge in [-0.05, 0) is 74.5 Å². The van der Waals surface area contributed by atoms with Gasteiger partial charge in [-0.1, -0.05) is 108 Å². The van der Waals surface area contributed by atoms with Gasteiger partial charge in [-0.3, -0.25) is 0 Å². The molecular formula is C35H78O5. The van der Waals surface area contributed by atoms with Gasteiger partial charge in [-0.25, -0.2) is 0 Å². The van der Waals surface area contributed by atoms with Crippen LogP contribution in [-0.2, 0) is 9.47 Å². The van der Waals surface area contributed by atoms with Gasteiger partial charge in [0.1, 0.15) is 0 Å². The van der Waals surface area contributed by atoms with Crippen molar-refractivity contribution in [2.24, 2.45) is 29.6 Å². The lowest BCUT2D eigenvalue weighted by Gasteiger charge is -2.10. The standard InChI is InChI=1S/C9H20O.C8H16O.C7H16O.C6H14O.C5H12O/c1-9(2)7-5-3-4-6-8-10;1-7(2)6-8-4-3-5-9-8;1-7(2)5-3-4-6-8;1-6(2)4-5-7-3;1-5(2)3-4-6/h9-10H,3-8H2,1-2H3;7-8H,3-6H2,1-2H3;7-8H,3-6H2,1-2H3;6H,4-5H2,1-3H3;5-6H,3-4H2,1-2H3. The molecule has 1 atom stereocenters. The summed E-state index contributed by atoms with van der Waals surface area (Å²) in [4.78, 5) is 0. The fourth-order valence-electron chi connectivity index (χ4n) is 3.65. The molecule has 5 nitrogen and oxygen atoms in total. The summed E-state index contributed by atoms with van der Waals surface area (Å²) >= 11 is 0. The smallest absolute Gasteiger partial charge is 0.0578 e. The Labute approximate surface area is 253 Å². The molecule has 3 N–H and O–H groups in total. The van der Waals surface area contributed by atoms with Gasteiger partial charge in [0.15, 0.2) is 0 Å². The van der Waals surface area contributed by atoms with E-state index < -0.39 is 0 Å². The fourth-order valence-corrected chi connectivity index (χ4v) is 3.65. The summed E-state index contributed by atoms with van der Waals surface area (Å²) in [6, 6.07) is 0. The molecule has 0 saturated carbocycles. The third-order valence-corrected chi connectivity index (χ3v) is 6.24. The lowest BCUT2D eigenvalue weighted by molar-refractivity contribution is 0.0939. The quantitative estimate of drug-likeness (QED) is 0.150. The molecule has 1 heterocycles. The molecule has 0 aliphatic carbocycles. The van der Waals surface area contributed by atoms with Crippen molar-refractivity contribution >= 4 is 0 Å². The Morgan fingerprint density at radius 1 is 0.575 bits per heavy atom. The average Bonchev–Trinajstić information content (AvgIpc) is 3.36. The zero-order valence-corrected chi connectivity index (χ0v) is 29.4. The summed E-state index contributed by atoms with van der Waals surface area (Å²) in [5.41, 5.74) is 0. The van der Waals surface area contributed by atoms with Crippen LogP contribution in [-0.4, -0.2) is 61.6 Å². The van der Waals surface area contributed by atoms with Gasteiger partial charge in [0, 0.05) is 40.1 Å². The van der Waals surface area contributed by atoms with Crippen LogP contribution in [0.1, 0.15) is 153 Å². The van der Waals surface area contributed by atoms with Gasteiger partial charge in [0.2, 0.25) is 0 Å². The van der Waals surface area contributed by atoms with Crippen molar-refractivity contribution in [2.45, 2.75) is 159 Å². The predicted molar refractivity (Wildman–Crippen MR) is 177 cm³/mol. The molecule has 0 bridgehead atoms. The van der Waals surface area contributed by atoms with Crippen LogP contribution in [0.2, 0.25) is 0 Å². The van der Waals surface area contributed by atoms with Gasteiger partial charge in [-0.2, -0.15) is 0 Å². The van der Waals surface area contributed by atoms with E-state index in [0.29, 0.717) is 31.8 Å². The summed E-state index contributed by atoms with van der Waals surface area (Å²) in [6.45, 7) is 24.9. The predicted octanol–water partition coefficient (Wildman–Crippen LogP) is 9.31. The first-order chi connectivity index (χ1) is 18.9. The number of hydrogen-bond acceptors (Lipinski definition) is 5. The molecular weight excluding hydrogens is 500 g/mol. The summed E-state index contributed by atoms with van der Waals surface area (Å²) in [6.07, 6.45) is 16.0. The van der Waals surface area contributed by atoms with E-state index in [1.165, 1.54) is 64.2 Å². The Bertz CT molecular complexity index is 405. The maximum atomic E-state index is 8.47. The van der Waals surface area contributed by atoms with Gasteiger partial charge in [0.25, 0.3) is 0 Å². The molecule has 1 fully saturated rings. The Morgan fingerprint density at radius 2 is 1.02 bits per heavy atom. The van der Waals surface area contributed by atoms with Crippen molar-refractivity contribution in [1.82, 2.24) is 0 Å². The van der Waals surface area contributed by atoms with E-state index in [4.69, 9.17) is 24.8 Å². The Balaban J connectivity index is -0.000000205. The molecule has 1 saturated heterocycles. The molecule has 248 valence electrons. The normalized spacial score (nSPS) is 14.3. The van der Waals surface area contributed by atoms with Crippen molar-refractivity contribution < 1.29 is 24.8 Å². The van der Waals surface area contributed by atoms with Crippen LogP contribution < -0.4 is 0 Å². The van der Waals surface area contributed by atoms with E-state index >= 15 is 0 Å². The van der Waals surface area contributed by atoms with Crippen LogP contribution in [0, 0.1) is 29.6 Å². The maximum Gasteiger partial charge on any atom is 0.0578 e. The Kier molecular flexibility index (Phi) is 45.3. The first-order valence-corrected chi connectivity index (χ1v) is 16.8. The lowest BCUT2D eigenvalue weighted by Crippen LogP contribution is -2.07. The Morgan fingerprint density at radius 3 is 1.32 bits per heavy atom. The van der Waals surface area contributed by atoms with Crippen molar-refractivity contribution in [2.75, 3.05) is 40.1 Å². The molecule has 40 heavy (non-hydrogen) atoms. The van der Waals surface area contributed by atoms with Crippen LogP contribution in [0.25, 0.3) is 0 Å². The van der Waals surface area contributed by atoms with Crippen LogP contribution in [0.5, 0.6) is 0 Å². The fraction of sp³-hybridized carbons (Fsp3) is 1.00. The summed E-state index contributed by atoms with van der Waals surface area (Å²) < 4.78 is 10.3. The summed E-state index contributed by atoms with van der Waals surface area (Å²) in [5, 5.41) is 25.1. The van der Waals surface area contributed by atoms with Gasteiger partial charge >= 0.3 is 0 Å². The highest BCUT2D eigenvalue weighted by molar-refractivity contribution is 4.65. The minimum atomic E-state index is 0.331. The highest BCUT2D eigenvalue weighted by atomic mass is 16.5. The molecule has 1 aliphatic rings. The molecule has 0 aromatic carbocycles. The first kappa shape index (κ1) is 46.7. The van der Waals surface area contributed by atoms with Crippen LogP contribution >= 0.6 is 0 Å². The van der Waals surface area contributed by atoms with E-state index in [1.54, 1.807) is 7.11 Å². The molecule has 0 amide bonds. The summed E-state index contributed by atoms with van der Waals surface area (Å²) in [5.74, 6) is 3.86. The van der Waals surface area contributed by atoms with Crippen molar-refractivity contribution in [3.05, 3.63) is 0 Å². The van der Waals surface area contributed by atoms with Crippen molar-refractivity contribution in [3.63, 3.8) is 0 Å². The molecule has 1 unspecified atom stereocenters. The average molecular weight is 579 g/mol. The molecule has 1 rings (SSSR count). The second kappa shape index (κ2) is 38.8. The monoisotopic (exact) mass is 579 g/mol. The van der Waals surface area contributed by atoms with Crippen molar-refractivity contribution in [3.8, 4) is 0 Å². The SMILES string of the molecule is CC(C)CC1CCCO1.CC(C)CCCCCCO.CC(C)CCCCO.CC(C)CCO.COCCC(C)C. The number of rotatable bonds is 17. The minimum absolute atomic E-state index is 0.331. The second-order valence-electron chi connectivity index (χ2n) is 13.3. The van der Waals surface area contributed by atoms with E-state index in [9.17, 15) is 0 Å². The third-order valence-electron chi connectivity index (χ3n) is 6.24. The number of aliphatic hydroxyl groups excluding tert-OH is 3. The first-order valence-electron chi connectivity index (χ1n) is 16.8. The van der Waals surface area contributed by atoms with Crippen LogP contribution in [0.3, 0.4) is 0 Å². The number of ether oxygens (including phenoxy) is 2. The maximum absolute atomic E-state index is 8.47. The van der Waals surface area contributed by atoms with E-state index in [-0.39, 0.29) is 0 Å². The van der Waals surface area contributed by atoms with Crippen LogP contribution in [0.4, 0.5) is 0 Å². The zero-order valence-electron chi connectivity index (χ0n) is 29.4. The molecule has 0 aromatic rings. The second-order valence-corrected chi connectivity index (χ2v) is 13.3. The number of unbranched alkanes of at least 4 members (excludes halogenated alkanes) is 4. The van der Waals surface area contributed by atoms with Gasteiger partial charge in [0.05, 0.1) is 6.10 Å². The van der Waals surface area contributed by atoms with Gasteiger partial charge < -0.3 is 24.8 Å². The number of aliphatic hydroxyl groups is 3. The van der Waals surface area contributed by atoms with E-state index in [1.807, 2.05) is 0 Å². The van der Waals surface area contributed by atoms with Crippen LogP contribution in [0.15, 0.2) is 0 Å². The molecule has 0 radical (unpaired) electrons. The summed E-state index contributed by atoms with van der Waals surface area (Å²) in [7, 11) is 1.74.